The summed E-state index contributed by atoms with van der Waals surface area (Å²) in [5.74, 6) is -0.0710. The average molecular weight is 395 g/mol. The minimum Gasteiger partial charge on any atom is -0.373 e. The van der Waals surface area contributed by atoms with Gasteiger partial charge in [-0.3, -0.25) is 14.8 Å². The molecule has 1 aliphatic heterocycles. The zero-order chi connectivity index (χ0) is 20.9. The fourth-order valence-electron chi connectivity index (χ4n) is 3.21. The predicted octanol–water partition coefficient (Wildman–Crippen LogP) is 1.28. The van der Waals surface area contributed by atoms with Crippen molar-refractivity contribution in [3.05, 3.63) is 20.8 Å². The molecule has 28 heavy (non-hydrogen) atoms. The third kappa shape index (κ3) is 4.45. The Morgan fingerprint density at radius 3 is 2.46 bits per heavy atom. The van der Waals surface area contributed by atoms with Gasteiger partial charge >= 0.3 is 5.69 Å². The number of fused-ring (bicyclic) bond motifs is 1. The highest BCUT2D eigenvalue weighted by Gasteiger charge is 2.41. The number of hydrogen-bond acceptors (Lipinski definition) is 7. The smallest absolute Gasteiger partial charge is 0.329 e. The van der Waals surface area contributed by atoms with E-state index >= 15 is 0 Å². The molecule has 0 amide bonds. The number of hydrogen-bond donors (Lipinski definition) is 3. The summed E-state index contributed by atoms with van der Waals surface area (Å²) in [6, 6.07) is 0. The van der Waals surface area contributed by atoms with Crippen molar-refractivity contribution in [1.29, 1.82) is 0 Å². The van der Waals surface area contributed by atoms with Crippen molar-refractivity contribution in [3.63, 3.8) is 0 Å². The van der Waals surface area contributed by atoms with Gasteiger partial charge < -0.3 is 19.9 Å². The van der Waals surface area contributed by atoms with Crippen molar-refractivity contribution in [2.75, 3.05) is 12.3 Å². The van der Waals surface area contributed by atoms with Crippen molar-refractivity contribution in [2.24, 2.45) is 0 Å². The lowest BCUT2D eigenvalue weighted by Gasteiger charge is -2.29. The van der Waals surface area contributed by atoms with E-state index < -0.39 is 23.1 Å². The van der Waals surface area contributed by atoms with Gasteiger partial charge in [0.15, 0.2) is 11.2 Å². The molecule has 10 heteroatoms. The van der Waals surface area contributed by atoms with Gasteiger partial charge in [0.25, 0.3) is 5.56 Å². The van der Waals surface area contributed by atoms with Crippen LogP contribution in [0.5, 0.6) is 0 Å². The Hall–Kier alpha value is -2.17. The third-order valence-corrected chi connectivity index (χ3v) is 4.25. The number of rotatable bonds is 4. The number of imidazole rings is 1. The lowest BCUT2D eigenvalue weighted by molar-refractivity contribution is -0.132. The summed E-state index contributed by atoms with van der Waals surface area (Å²) in [5.41, 5.74) is 4.14. The monoisotopic (exact) mass is 395 g/mol. The van der Waals surface area contributed by atoms with Crippen LogP contribution in [0, 0.1) is 0 Å². The summed E-state index contributed by atoms with van der Waals surface area (Å²) in [5, 5.41) is 0. The summed E-state index contributed by atoms with van der Waals surface area (Å²) in [6.45, 7) is 12.1. The number of nitrogens with one attached hydrogen (secondary N) is 2. The van der Waals surface area contributed by atoms with Gasteiger partial charge in [-0.05, 0) is 41.5 Å². The van der Waals surface area contributed by atoms with Gasteiger partial charge in [-0.1, -0.05) is 0 Å². The zero-order valence-corrected chi connectivity index (χ0v) is 17.2. The lowest BCUT2D eigenvalue weighted by Crippen LogP contribution is -2.37. The van der Waals surface area contributed by atoms with Gasteiger partial charge in [0, 0.05) is 6.42 Å². The predicted molar refractivity (Wildman–Crippen MR) is 104 cm³/mol. The number of nitrogen functional groups attached to an aromatic ring is 1. The minimum atomic E-state index is -0.657. The molecule has 156 valence electrons. The summed E-state index contributed by atoms with van der Waals surface area (Å²) in [7, 11) is 0. The van der Waals surface area contributed by atoms with Crippen LogP contribution in [-0.4, -0.2) is 49.5 Å². The Labute approximate surface area is 162 Å². The van der Waals surface area contributed by atoms with Crippen LogP contribution in [0.4, 0.5) is 5.95 Å². The molecule has 1 saturated heterocycles. The SMILES string of the molecule is CC(C)(C)OC[C@H]1O[C@@H](n2c(=O)[nH]c3c(=O)[nH]c(N)nc32)CC1OC(C)(C)C. The molecule has 0 saturated carbocycles. The molecule has 3 heterocycles. The highest BCUT2D eigenvalue weighted by Crippen LogP contribution is 2.34. The maximum atomic E-state index is 12.5. The maximum Gasteiger partial charge on any atom is 0.329 e. The molecule has 2 aromatic heterocycles. The molecule has 3 rings (SSSR count). The summed E-state index contributed by atoms with van der Waals surface area (Å²) >= 11 is 0. The molecule has 1 fully saturated rings. The first-order valence-corrected chi connectivity index (χ1v) is 9.31. The number of aromatic nitrogens is 4. The second-order valence-corrected chi connectivity index (χ2v) is 9.01. The third-order valence-electron chi connectivity index (χ3n) is 4.25. The fraction of sp³-hybridized carbons (Fsp3) is 0.722. The topological polar surface area (TPSA) is 137 Å². The van der Waals surface area contributed by atoms with Crippen LogP contribution in [0.3, 0.4) is 0 Å². The number of nitrogens with zero attached hydrogens (tertiary/aromatic N) is 2. The minimum absolute atomic E-state index is 0.0606. The van der Waals surface area contributed by atoms with Crippen LogP contribution >= 0.6 is 0 Å². The van der Waals surface area contributed by atoms with Crippen LogP contribution in [0.25, 0.3) is 11.2 Å². The highest BCUT2D eigenvalue weighted by molar-refractivity contribution is 5.70. The number of aromatic amines is 2. The molecular weight excluding hydrogens is 366 g/mol. The molecule has 0 spiro atoms. The van der Waals surface area contributed by atoms with Crippen LogP contribution in [0.15, 0.2) is 9.59 Å². The molecule has 10 nitrogen and oxygen atoms in total. The van der Waals surface area contributed by atoms with Crippen LogP contribution in [-0.2, 0) is 14.2 Å². The van der Waals surface area contributed by atoms with E-state index in [0.29, 0.717) is 13.0 Å². The molecule has 4 N–H and O–H groups in total. The van der Waals surface area contributed by atoms with E-state index in [9.17, 15) is 9.59 Å². The maximum absolute atomic E-state index is 12.5. The molecule has 0 radical (unpaired) electrons. The lowest BCUT2D eigenvalue weighted by atomic mass is 10.1. The molecule has 0 bridgehead atoms. The van der Waals surface area contributed by atoms with Gasteiger partial charge in [0.05, 0.1) is 23.9 Å². The van der Waals surface area contributed by atoms with E-state index in [2.05, 4.69) is 15.0 Å². The quantitative estimate of drug-likeness (QED) is 0.709. The molecule has 1 unspecified atom stereocenters. The van der Waals surface area contributed by atoms with Gasteiger partial charge in [-0.25, -0.2) is 9.36 Å². The van der Waals surface area contributed by atoms with E-state index in [0.717, 1.165) is 0 Å². The van der Waals surface area contributed by atoms with Crippen molar-refractivity contribution >= 4 is 17.1 Å². The molecular formula is C18H29N5O5. The van der Waals surface area contributed by atoms with E-state index in [-0.39, 0.29) is 34.9 Å². The Morgan fingerprint density at radius 2 is 1.86 bits per heavy atom. The van der Waals surface area contributed by atoms with Crippen LogP contribution in [0.1, 0.15) is 54.2 Å². The highest BCUT2D eigenvalue weighted by atomic mass is 16.6. The van der Waals surface area contributed by atoms with E-state index in [4.69, 9.17) is 19.9 Å². The molecule has 2 aromatic rings. The van der Waals surface area contributed by atoms with E-state index in [1.54, 1.807) is 0 Å². The van der Waals surface area contributed by atoms with Gasteiger partial charge in [-0.2, -0.15) is 4.98 Å². The molecule has 1 aliphatic rings. The molecule has 3 atom stereocenters. The first-order valence-electron chi connectivity index (χ1n) is 9.31. The number of nitrogens with two attached hydrogens (primary N) is 1. The van der Waals surface area contributed by atoms with Crippen molar-refractivity contribution < 1.29 is 14.2 Å². The second kappa shape index (κ2) is 7.02. The van der Waals surface area contributed by atoms with Gasteiger partial charge in [-0.15, -0.1) is 0 Å². The van der Waals surface area contributed by atoms with Crippen molar-refractivity contribution in [3.8, 4) is 0 Å². The average Bonchev–Trinajstić information content (AvgIpc) is 3.03. The van der Waals surface area contributed by atoms with Gasteiger partial charge in [0.2, 0.25) is 5.95 Å². The fourth-order valence-corrected chi connectivity index (χ4v) is 3.21. The van der Waals surface area contributed by atoms with E-state index in [1.807, 2.05) is 41.5 Å². The van der Waals surface area contributed by atoms with Crippen LogP contribution in [0.2, 0.25) is 0 Å². The van der Waals surface area contributed by atoms with Crippen LogP contribution < -0.4 is 17.0 Å². The number of H-pyrrole nitrogens is 2. The summed E-state index contributed by atoms with van der Waals surface area (Å²) in [4.78, 5) is 33.6. The standard InChI is InChI=1S/C18H29N5O5/c1-17(2,3)26-8-10-9(28-18(4,5)6)7-11(27-10)23-13-12(20-16(23)25)14(24)22-15(19)21-13/h9-11H,7-8H2,1-6H3,(H,20,25)(H3,19,21,22,24)/t9?,10-,11-/m1/s1. The summed E-state index contributed by atoms with van der Waals surface area (Å²) in [6.07, 6.45) is -0.907. The Morgan fingerprint density at radius 1 is 1.18 bits per heavy atom. The molecule has 0 aliphatic carbocycles. The first kappa shape index (κ1) is 20.6. The zero-order valence-electron chi connectivity index (χ0n) is 17.2. The molecule has 0 aromatic carbocycles. The number of anilines is 1. The Bertz CT molecular complexity index is 962. The second-order valence-electron chi connectivity index (χ2n) is 9.01. The van der Waals surface area contributed by atoms with Gasteiger partial charge in [0.1, 0.15) is 12.3 Å². The van der Waals surface area contributed by atoms with Crippen molar-refractivity contribution in [1.82, 2.24) is 19.5 Å². The van der Waals surface area contributed by atoms with E-state index in [1.165, 1.54) is 4.57 Å². The van der Waals surface area contributed by atoms with Crippen molar-refractivity contribution in [2.45, 2.75) is 77.6 Å². The summed E-state index contributed by atoms with van der Waals surface area (Å²) < 4.78 is 19.5. The first-order chi connectivity index (χ1) is 12.8. The largest absolute Gasteiger partial charge is 0.373 e. The Balaban J connectivity index is 1.95. The number of ether oxygens (including phenoxy) is 3. The normalized spacial score (nSPS) is 23.6. The Kier molecular flexibility index (Phi) is 5.15.